The molecule has 7 heteroatoms. The third-order valence-electron chi connectivity index (χ3n) is 6.94. The number of nitrogens with one attached hydrogen (secondary N) is 2. The Morgan fingerprint density at radius 3 is 2.41 bits per heavy atom. The second-order valence-corrected chi connectivity index (χ2v) is 9.95. The topological polar surface area (TPSA) is 95.1 Å². The molecule has 0 spiro atoms. The summed E-state index contributed by atoms with van der Waals surface area (Å²) in [5.41, 5.74) is 7.00. The summed E-state index contributed by atoms with van der Waals surface area (Å²) in [6.45, 7) is 2.10. The molecule has 0 aliphatic rings. The number of halogens is 1. The number of aromatic amines is 1. The van der Waals surface area contributed by atoms with Crippen LogP contribution in [0.25, 0.3) is 33.5 Å². The van der Waals surface area contributed by atoms with Gasteiger partial charge in [0.1, 0.15) is 5.82 Å². The van der Waals surface area contributed by atoms with E-state index >= 15 is 0 Å². The Hall–Kier alpha value is -4.26. The number of carbonyl (C=O) groups excluding carboxylic acids is 2. The maximum Gasteiger partial charge on any atom is 0.275 e. The van der Waals surface area contributed by atoms with Crippen molar-refractivity contribution in [2.45, 2.75) is 32.1 Å². The highest BCUT2D eigenvalue weighted by molar-refractivity contribution is 6.31. The number of fused-ring (bicyclic) bond motifs is 1. The minimum atomic E-state index is -0.719. The van der Waals surface area contributed by atoms with Gasteiger partial charge in [0.05, 0.1) is 16.6 Å². The molecule has 0 radical (unpaired) electrons. The predicted octanol–water partition coefficient (Wildman–Crippen LogP) is 7.83. The van der Waals surface area contributed by atoms with Gasteiger partial charge < -0.3 is 4.98 Å². The number of imidazole rings is 1. The standard InChI is InChI=1S/C32H28ClN3O3/c1-2-8-21(20-9-4-3-5-10-20)18-30(37)22-13-15-24(27(17-22)32(38)36-39)26-19-23(33)14-16-25(26)31-34-28-11-6-7-12-29(28)35-31/h3-7,9-17,19,21,39H,2,8,18H2,1H3,(H,34,35)(H,36,38)/t21-/m0/s1. The average Bonchev–Trinajstić information content (AvgIpc) is 3.40. The van der Waals surface area contributed by atoms with Gasteiger partial charge in [0.25, 0.3) is 5.91 Å². The lowest BCUT2D eigenvalue weighted by atomic mass is 9.87. The van der Waals surface area contributed by atoms with Crippen LogP contribution in [-0.2, 0) is 0 Å². The first-order valence-corrected chi connectivity index (χ1v) is 13.3. The molecule has 5 aromatic rings. The zero-order valence-electron chi connectivity index (χ0n) is 21.4. The maximum atomic E-state index is 13.4. The predicted molar refractivity (Wildman–Crippen MR) is 154 cm³/mol. The lowest BCUT2D eigenvalue weighted by molar-refractivity contribution is 0.0707. The average molecular weight is 538 g/mol. The van der Waals surface area contributed by atoms with Crippen LogP contribution in [-0.4, -0.2) is 26.9 Å². The summed E-state index contributed by atoms with van der Waals surface area (Å²) in [5, 5.41) is 10.0. The Morgan fingerprint density at radius 1 is 0.923 bits per heavy atom. The molecule has 196 valence electrons. The molecule has 1 amide bonds. The number of aromatic nitrogens is 2. The Kier molecular flexibility index (Phi) is 7.87. The highest BCUT2D eigenvalue weighted by Crippen LogP contribution is 2.37. The first kappa shape index (κ1) is 26.4. The van der Waals surface area contributed by atoms with Crippen molar-refractivity contribution in [3.05, 3.63) is 113 Å². The van der Waals surface area contributed by atoms with E-state index in [1.165, 1.54) is 0 Å². The zero-order valence-corrected chi connectivity index (χ0v) is 22.2. The van der Waals surface area contributed by atoms with Crippen LogP contribution in [0.15, 0.2) is 91.0 Å². The summed E-state index contributed by atoms with van der Waals surface area (Å²) in [6, 6.07) is 28.0. The van der Waals surface area contributed by atoms with Gasteiger partial charge in [-0.05, 0) is 65.4 Å². The second kappa shape index (κ2) is 11.6. The molecule has 0 bridgehead atoms. The molecule has 0 aliphatic heterocycles. The Balaban J connectivity index is 1.56. The zero-order chi connectivity index (χ0) is 27.4. The van der Waals surface area contributed by atoms with Gasteiger partial charge in [0.2, 0.25) is 0 Å². The number of H-pyrrole nitrogens is 1. The molecule has 1 heterocycles. The van der Waals surface area contributed by atoms with Crippen LogP contribution >= 0.6 is 11.6 Å². The third-order valence-corrected chi connectivity index (χ3v) is 7.18. The van der Waals surface area contributed by atoms with E-state index in [0.29, 0.717) is 34.0 Å². The number of carbonyl (C=O) groups is 2. The molecule has 5 rings (SSSR count). The fourth-order valence-electron chi connectivity index (χ4n) is 5.03. The minimum absolute atomic E-state index is 0.0700. The van der Waals surface area contributed by atoms with Crippen LogP contribution in [0.2, 0.25) is 5.02 Å². The van der Waals surface area contributed by atoms with Crippen molar-refractivity contribution in [1.29, 1.82) is 0 Å². The molecule has 0 aliphatic carbocycles. The smallest absolute Gasteiger partial charge is 0.275 e. The molecule has 0 fully saturated rings. The fourth-order valence-corrected chi connectivity index (χ4v) is 5.20. The number of rotatable bonds is 9. The number of hydrogen-bond acceptors (Lipinski definition) is 4. The summed E-state index contributed by atoms with van der Waals surface area (Å²) in [6.07, 6.45) is 2.14. The highest BCUT2D eigenvalue weighted by Gasteiger charge is 2.22. The van der Waals surface area contributed by atoms with Gasteiger partial charge in [-0.1, -0.05) is 79.5 Å². The van der Waals surface area contributed by atoms with E-state index in [4.69, 9.17) is 16.6 Å². The molecule has 0 unspecified atom stereocenters. The molecule has 3 N–H and O–H groups in total. The Labute approximate surface area is 231 Å². The van der Waals surface area contributed by atoms with Crippen molar-refractivity contribution in [2.75, 3.05) is 0 Å². The van der Waals surface area contributed by atoms with Crippen LogP contribution in [0.3, 0.4) is 0 Å². The number of nitrogens with zero attached hydrogens (tertiary/aromatic N) is 1. The van der Waals surface area contributed by atoms with Gasteiger partial charge in [-0.15, -0.1) is 0 Å². The second-order valence-electron chi connectivity index (χ2n) is 9.52. The summed E-state index contributed by atoms with van der Waals surface area (Å²) in [4.78, 5) is 34.3. The summed E-state index contributed by atoms with van der Waals surface area (Å²) in [5.74, 6) is -0.0995. The number of amides is 1. The van der Waals surface area contributed by atoms with Gasteiger partial charge >= 0.3 is 0 Å². The molecule has 1 aromatic heterocycles. The van der Waals surface area contributed by atoms with E-state index in [2.05, 4.69) is 11.9 Å². The third kappa shape index (κ3) is 5.62. The molecule has 4 aromatic carbocycles. The van der Waals surface area contributed by atoms with Gasteiger partial charge in [-0.2, -0.15) is 0 Å². The van der Waals surface area contributed by atoms with Crippen LogP contribution in [0.5, 0.6) is 0 Å². The monoisotopic (exact) mass is 537 g/mol. The first-order chi connectivity index (χ1) is 19.0. The van der Waals surface area contributed by atoms with Gasteiger partial charge in [-0.3, -0.25) is 14.8 Å². The molecule has 6 nitrogen and oxygen atoms in total. The number of Topliss-reactive ketones (excluding diaryl/α,β-unsaturated/α-hetero) is 1. The van der Waals surface area contributed by atoms with Crippen molar-refractivity contribution < 1.29 is 14.8 Å². The lowest BCUT2D eigenvalue weighted by Crippen LogP contribution is -2.20. The summed E-state index contributed by atoms with van der Waals surface area (Å²) >= 11 is 6.39. The van der Waals surface area contributed by atoms with Crippen molar-refractivity contribution in [3.63, 3.8) is 0 Å². The quantitative estimate of drug-likeness (QED) is 0.101. The van der Waals surface area contributed by atoms with Crippen molar-refractivity contribution in [3.8, 4) is 22.5 Å². The van der Waals surface area contributed by atoms with Crippen molar-refractivity contribution in [1.82, 2.24) is 15.4 Å². The number of para-hydroxylation sites is 2. The van der Waals surface area contributed by atoms with E-state index < -0.39 is 5.91 Å². The van der Waals surface area contributed by atoms with Crippen LogP contribution in [0.1, 0.15) is 58.4 Å². The normalized spacial score (nSPS) is 11.9. The van der Waals surface area contributed by atoms with E-state index in [9.17, 15) is 14.8 Å². The number of hydroxylamine groups is 1. The molecular formula is C32H28ClN3O3. The van der Waals surface area contributed by atoms with E-state index in [-0.39, 0.29) is 17.3 Å². The SMILES string of the molecule is CCC[C@@H](CC(=O)c1ccc(-c2cc(Cl)ccc2-c2nc3ccccc3[nH]2)c(C(=O)NO)c1)c1ccccc1. The van der Waals surface area contributed by atoms with Crippen LogP contribution in [0, 0.1) is 0 Å². The number of benzene rings is 4. The largest absolute Gasteiger partial charge is 0.338 e. The van der Waals surface area contributed by atoms with Crippen molar-refractivity contribution in [2.24, 2.45) is 0 Å². The highest BCUT2D eigenvalue weighted by atomic mass is 35.5. The fraction of sp³-hybridized carbons (Fsp3) is 0.156. The van der Waals surface area contributed by atoms with E-state index in [0.717, 1.165) is 35.0 Å². The Bertz CT molecular complexity index is 1610. The van der Waals surface area contributed by atoms with Crippen LogP contribution < -0.4 is 5.48 Å². The van der Waals surface area contributed by atoms with Gasteiger partial charge in [0, 0.05) is 22.6 Å². The van der Waals surface area contributed by atoms with Gasteiger partial charge in [-0.25, -0.2) is 10.5 Å². The van der Waals surface area contributed by atoms with Gasteiger partial charge in [0.15, 0.2) is 5.78 Å². The van der Waals surface area contributed by atoms with Crippen LogP contribution in [0.4, 0.5) is 0 Å². The lowest BCUT2D eigenvalue weighted by Gasteiger charge is -2.17. The van der Waals surface area contributed by atoms with E-state index in [1.54, 1.807) is 35.8 Å². The molecule has 0 saturated carbocycles. The summed E-state index contributed by atoms with van der Waals surface area (Å²) < 4.78 is 0. The van der Waals surface area contributed by atoms with E-state index in [1.807, 2.05) is 60.7 Å². The molecular weight excluding hydrogens is 510 g/mol. The summed E-state index contributed by atoms with van der Waals surface area (Å²) in [7, 11) is 0. The Morgan fingerprint density at radius 2 is 1.67 bits per heavy atom. The number of hydrogen-bond donors (Lipinski definition) is 3. The molecule has 1 atom stereocenters. The first-order valence-electron chi connectivity index (χ1n) is 12.9. The van der Waals surface area contributed by atoms with Crippen molar-refractivity contribution >= 4 is 34.3 Å². The number of ketones is 1. The maximum absolute atomic E-state index is 13.4. The molecule has 0 saturated heterocycles. The minimum Gasteiger partial charge on any atom is -0.338 e. The molecule has 39 heavy (non-hydrogen) atoms.